The molecule has 0 spiro atoms. The number of carbonyl (C=O) groups is 1. The minimum absolute atomic E-state index is 0.148. The van der Waals surface area contributed by atoms with Crippen LogP contribution in [0.1, 0.15) is 36.2 Å². The molecule has 0 fully saturated rings. The van der Waals surface area contributed by atoms with Crippen molar-refractivity contribution in [2.24, 2.45) is 0 Å². The zero-order chi connectivity index (χ0) is 18.5. The number of hydrogen-bond donors (Lipinski definition) is 2. The summed E-state index contributed by atoms with van der Waals surface area (Å²) in [6, 6.07) is 18.3. The molecule has 0 aliphatic rings. The molecule has 2 aromatic rings. The lowest BCUT2D eigenvalue weighted by atomic mass is 10.2. The van der Waals surface area contributed by atoms with Gasteiger partial charge in [-0.15, -0.1) is 0 Å². The Labute approximate surface area is 148 Å². The predicted molar refractivity (Wildman–Crippen MR) is 96.4 cm³/mol. The molecule has 0 heterocycles. The van der Waals surface area contributed by atoms with E-state index in [-0.39, 0.29) is 6.61 Å². The average Bonchev–Trinajstić information content (AvgIpc) is 2.62. The quantitative estimate of drug-likeness (QED) is 0.563. The third-order valence-corrected chi connectivity index (χ3v) is 3.20. The molecule has 0 radical (unpaired) electrons. The van der Waals surface area contributed by atoms with E-state index in [1.54, 1.807) is 30.3 Å². The fraction of sp³-hybridized carbons (Fsp3) is 0.350. The molecule has 0 aliphatic carbocycles. The van der Waals surface area contributed by atoms with Crippen LogP contribution < -0.4 is 0 Å². The van der Waals surface area contributed by atoms with Crippen molar-refractivity contribution in [1.82, 2.24) is 0 Å². The van der Waals surface area contributed by atoms with Gasteiger partial charge in [-0.3, -0.25) is 0 Å². The molecule has 2 rings (SSSR count). The van der Waals surface area contributed by atoms with E-state index in [9.17, 15) is 4.79 Å². The lowest BCUT2D eigenvalue weighted by molar-refractivity contribution is -0.220. The summed E-state index contributed by atoms with van der Waals surface area (Å²) in [5.74, 6) is -1.49. The lowest BCUT2D eigenvalue weighted by Crippen LogP contribution is -2.28. The molecule has 5 heteroatoms. The van der Waals surface area contributed by atoms with E-state index in [0.717, 1.165) is 5.56 Å². The van der Waals surface area contributed by atoms with Crippen LogP contribution in [0.15, 0.2) is 60.7 Å². The van der Waals surface area contributed by atoms with Gasteiger partial charge < -0.3 is 19.7 Å². The molecule has 136 valence electrons. The normalized spacial score (nSPS) is 10.7. The second-order valence-electron chi connectivity index (χ2n) is 5.77. The minimum Gasteiger partial charge on any atom is -0.478 e. The molecule has 0 saturated carbocycles. The van der Waals surface area contributed by atoms with Gasteiger partial charge in [-0.05, 0) is 38.0 Å². The van der Waals surface area contributed by atoms with Crippen molar-refractivity contribution < 1.29 is 24.5 Å². The number of ether oxygens (including phenoxy) is 2. The van der Waals surface area contributed by atoms with Crippen LogP contribution in [0.2, 0.25) is 0 Å². The van der Waals surface area contributed by atoms with Gasteiger partial charge in [0, 0.05) is 6.61 Å². The van der Waals surface area contributed by atoms with Crippen LogP contribution in [-0.4, -0.2) is 35.2 Å². The Balaban J connectivity index is 0.000000293. The highest BCUT2D eigenvalue weighted by atomic mass is 16.7. The third-order valence-electron chi connectivity index (χ3n) is 3.20. The van der Waals surface area contributed by atoms with Crippen LogP contribution in [-0.2, 0) is 16.1 Å². The third kappa shape index (κ3) is 9.62. The van der Waals surface area contributed by atoms with E-state index in [2.05, 4.69) is 0 Å². The first-order chi connectivity index (χ1) is 11.9. The summed E-state index contributed by atoms with van der Waals surface area (Å²) in [7, 11) is 0. The Morgan fingerprint density at radius 3 is 2.00 bits per heavy atom. The first-order valence-corrected chi connectivity index (χ1v) is 8.15. The fourth-order valence-electron chi connectivity index (χ4n) is 1.84. The van der Waals surface area contributed by atoms with Gasteiger partial charge in [0.05, 0.1) is 18.8 Å². The summed E-state index contributed by atoms with van der Waals surface area (Å²) >= 11 is 0. The molecule has 0 bridgehead atoms. The maximum Gasteiger partial charge on any atom is 0.335 e. The lowest BCUT2D eigenvalue weighted by Gasteiger charge is -2.25. The van der Waals surface area contributed by atoms with Gasteiger partial charge in [-0.1, -0.05) is 48.5 Å². The molecule has 0 saturated heterocycles. The molecule has 5 nitrogen and oxygen atoms in total. The van der Waals surface area contributed by atoms with Crippen molar-refractivity contribution in [2.45, 2.75) is 32.7 Å². The molecule has 0 aliphatic heterocycles. The Bertz CT molecular complexity index is 596. The zero-order valence-electron chi connectivity index (χ0n) is 14.7. The molecule has 2 N–H and O–H groups in total. The largest absolute Gasteiger partial charge is 0.478 e. The SMILES string of the molecule is CC(C)(OCCCO)OCc1ccccc1.O=C(O)c1ccccc1. The summed E-state index contributed by atoms with van der Waals surface area (Å²) in [5.41, 5.74) is 1.46. The van der Waals surface area contributed by atoms with E-state index >= 15 is 0 Å². The number of aliphatic hydroxyl groups is 1. The number of aliphatic hydroxyl groups excluding tert-OH is 1. The minimum atomic E-state index is -0.879. The smallest absolute Gasteiger partial charge is 0.335 e. The monoisotopic (exact) mass is 346 g/mol. The fourth-order valence-corrected chi connectivity index (χ4v) is 1.84. The summed E-state index contributed by atoms with van der Waals surface area (Å²) < 4.78 is 11.2. The Morgan fingerprint density at radius 2 is 1.52 bits per heavy atom. The van der Waals surface area contributed by atoms with Gasteiger partial charge in [0.2, 0.25) is 0 Å². The van der Waals surface area contributed by atoms with Gasteiger partial charge in [-0.2, -0.15) is 0 Å². The second kappa shape index (κ2) is 11.4. The Kier molecular flexibility index (Phi) is 9.47. The highest BCUT2D eigenvalue weighted by Crippen LogP contribution is 2.14. The highest BCUT2D eigenvalue weighted by Gasteiger charge is 2.18. The number of carboxylic acid groups (broad SMARTS) is 1. The van der Waals surface area contributed by atoms with Crippen LogP contribution in [0.4, 0.5) is 0 Å². The van der Waals surface area contributed by atoms with E-state index in [1.807, 2.05) is 44.2 Å². The Morgan fingerprint density at radius 1 is 0.960 bits per heavy atom. The zero-order valence-corrected chi connectivity index (χ0v) is 14.7. The molecule has 2 aromatic carbocycles. The van der Waals surface area contributed by atoms with Gasteiger partial charge in [0.25, 0.3) is 0 Å². The predicted octanol–water partition coefficient (Wildman–Crippen LogP) is 3.72. The van der Waals surface area contributed by atoms with E-state index < -0.39 is 11.8 Å². The maximum absolute atomic E-state index is 10.2. The molecule has 0 amide bonds. The number of carboxylic acids is 1. The van der Waals surface area contributed by atoms with E-state index in [0.29, 0.717) is 25.2 Å². The number of hydrogen-bond acceptors (Lipinski definition) is 4. The second-order valence-corrected chi connectivity index (χ2v) is 5.77. The van der Waals surface area contributed by atoms with Gasteiger partial charge in [0.15, 0.2) is 5.79 Å². The number of rotatable bonds is 8. The van der Waals surface area contributed by atoms with Crippen LogP contribution >= 0.6 is 0 Å². The highest BCUT2D eigenvalue weighted by molar-refractivity contribution is 5.87. The van der Waals surface area contributed by atoms with Crippen LogP contribution in [0.3, 0.4) is 0 Å². The Hall–Kier alpha value is -2.21. The van der Waals surface area contributed by atoms with Crippen LogP contribution in [0.25, 0.3) is 0 Å². The van der Waals surface area contributed by atoms with Crippen molar-refractivity contribution in [2.75, 3.05) is 13.2 Å². The first-order valence-electron chi connectivity index (χ1n) is 8.15. The molecule has 0 aromatic heterocycles. The summed E-state index contributed by atoms with van der Waals surface area (Å²) in [5, 5.41) is 17.0. The van der Waals surface area contributed by atoms with Crippen molar-refractivity contribution in [3.63, 3.8) is 0 Å². The van der Waals surface area contributed by atoms with Crippen molar-refractivity contribution in [1.29, 1.82) is 0 Å². The van der Waals surface area contributed by atoms with Gasteiger partial charge in [-0.25, -0.2) is 4.79 Å². The summed E-state index contributed by atoms with van der Waals surface area (Å²) in [6.45, 7) is 4.96. The summed E-state index contributed by atoms with van der Waals surface area (Å²) in [4.78, 5) is 10.2. The standard InChI is InChI=1S/C13H20O3.C7H6O2/c1-13(2,15-10-6-9-14)16-11-12-7-4-3-5-8-12;8-7(9)6-4-2-1-3-5-6/h3-5,7-8,14H,6,9-11H2,1-2H3;1-5H,(H,8,9). The summed E-state index contributed by atoms with van der Waals surface area (Å²) in [6.07, 6.45) is 0.637. The maximum atomic E-state index is 10.2. The molecule has 0 unspecified atom stereocenters. The van der Waals surface area contributed by atoms with Crippen molar-refractivity contribution >= 4 is 5.97 Å². The topological polar surface area (TPSA) is 76.0 Å². The van der Waals surface area contributed by atoms with Crippen molar-refractivity contribution in [3.8, 4) is 0 Å². The number of aromatic carboxylic acids is 1. The van der Waals surface area contributed by atoms with E-state index in [1.165, 1.54) is 0 Å². The van der Waals surface area contributed by atoms with Gasteiger partial charge >= 0.3 is 5.97 Å². The molecule has 25 heavy (non-hydrogen) atoms. The number of benzene rings is 2. The van der Waals surface area contributed by atoms with Crippen LogP contribution in [0.5, 0.6) is 0 Å². The van der Waals surface area contributed by atoms with Crippen molar-refractivity contribution in [3.05, 3.63) is 71.8 Å². The average molecular weight is 346 g/mol. The van der Waals surface area contributed by atoms with Crippen LogP contribution in [0, 0.1) is 0 Å². The van der Waals surface area contributed by atoms with Gasteiger partial charge in [0.1, 0.15) is 0 Å². The molecule has 0 atom stereocenters. The first kappa shape index (κ1) is 20.8. The molecular weight excluding hydrogens is 320 g/mol. The molecular formula is C20H26O5. The van der Waals surface area contributed by atoms with E-state index in [4.69, 9.17) is 19.7 Å².